The number of nitrogens with one attached hydrogen (secondary N) is 1. The fraction of sp³-hybridized carbons (Fsp3) is 0.350. The molecule has 0 aliphatic heterocycles. The number of Topliss-reactive ketones (excluding diaryl/α,β-unsaturated/α-hetero) is 1. The summed E-state index contributed by atoms with van der Waals surface area (Å²) in [5.74, 6) is -0.167. The SMILES string of the molecule is CCOC(=O)c1c(NC(=O)COc2cccc3c2CCC3=O)sc(C)c1C. The topological polar surface area (TPSA) is 81.7 Å². The number of benzene rings is 1. The van der Waals surface area contributed by atoms with E-state index in [4.69, 9.17) is 9.47 Å². The third-order valence-electron chi connectivity index (χ3n) is 4.51. The largest absolute Gasteiger partial charge is 0.483 e. The molecule has 0 unspecified atom stereocenters. The second-order valence-corrected chi connectivity index (χ2v) is 7.47. The standard InChI is InChI=1S/C20H21NO5S/c1-4-25-20(24)18-11(2)12(3)27-19(18)21-17(23)10-26-16-7-5-6-13-14(16)8-9-15(13)22/h5-7H,4,8-10H2,1-3H3,(H,21,23). The lowest BCUT2D eigenvalue weighted by Gasteiger charge is -2.11. The number of ether oxygens (including phenoxy) is 2. The Bertz CT molecular complexity index is 915. The predicted molar refractivity (Wildman–Crippen MR) is 103 cm³/mol. The van der Waals surface area contributed by atoms with Gasteiger partial charge in [0, 0.05) is 22.4 Å². The molecule has 0 spiro atoms. The molecule has 27 heavy (non-hydrogen) atoms. The quantitative estimate of drug-likeness (QED) is 0.765. The average Bonchev–Trinajstić information content (AvgIpc) is 3.14. The van der Waals surface area contributed by atoms with Gasteiger partial charge in [-0.15, -0.1) is 11.3 Å². The minimum absolute atomic E-state index is 0.100. The number of amides is 1. The molecule has 2 aromatic rings. The molecule has 0 saturated heterocycles. The molecule has 0 atom stereocenters. The molecule has 0 saturated carbocycles. The van der Waals surface area contributed by atoms with Crippen molar-refractivity contribution in [3.63, 3.8) is 0 Å². The van der Waals surface area contributed by atoms with E-state index in [9.17, 15) is 14.4 Å². The second-order valence-electron chi connectivity index (χ2n) is 6.25. The van der Waals surface area contributed by atoms with E-state index in [0.29, 0.717) is 34.7 Å². The van der Waals surface area contributed by atoms with E-state index in [0.717, 1.165) is 16.0 Å². The zero-order valence-electron chi connectivity index (χ0n) is 15.5. The fourth-order valence-corrected chi connectivity index (χ4v) is 4.13. The monoisotopic (exact) mass is 387 g/mol. The van der Waals surface area contributed by atoms with E-state index in [1.165, 1.54) is 11.3 Å². The first-order valence-electron chi connectivity index (χ1n) is 8.77. The Labute approximate surface area is 161 Å². The van der Waals surface area contributed by atoms with Gasteiger partial charge in [-0.1, -0.05) is 12.1 Å². The molecule has 1 aromatic heterocycles. The molecule has 0 bridgehead atoms. The van der Waals surface area contributed by atoms with Gasteiger partial charge in [0.25, 0.3) is 5.91 Å². The van der Waals surface area contributed by atoms with Crippen molar-refractivity contribution in [1.82, 2.24) is 0 Å². The van der Waals surface area contributed by atoms with Gasteiger partial charge in [0.2, 0.25) is 0 Å². The summed E-state index contributed by atoms with van der Waals surface area (Å²) in [6.45, 7) is 5.51. The highest BCUT2D eigenvalue weighted by atomic mass is 32.1. The number of esters is 1. The molecule has 7 heteroatoms. The van der Waals surface area contributed by atoms with Crippen molar-refractivity contribution >= 4 is 34.0 Å². The van der Waals surface area contributed by atoms with Crippen LogP contribution in [0.3, 0.4) is 0 Å². The highest BCUT2D eigenvalue weighted by Crippen LogP contribution is 2.33. The summed E-state index contributed by atoms with van der Waals surface area (Å²) in [5.41, 5.74) is 2.71. The van der Waals surface area contributed by atoms with Crippen molar-refractivity contribution in [2.75, 3.05) is 18.5 Å². The number of aryl methyl sites for hydroxylation is 1. The first-order chi connectivity index (χ1) is 12.9. The van der Waals surface area contributed by atoms with Crippen LogP contribution in [0.25, 0.3) is 0 Å². The lowest BCUT2D eigenvalue weighted by atomic mass is 10.1. The van der Waals surface area contributed by atoms with Crippen LogP contribution in [0.15, 0.2) is 18.2 Å². The van der Waals surface area contributed by atoms with Crippen molar-refractivity contribution in [3.8, 4) is 5.75 Å². The third-order valence-corrected chi connectivity index (χ3v) is 5.63. The number of hydrogen-bond donors (Lipinski definition) is 1. The first kappa shape index (κ1) is 19.1. The Morgan fingerprint density at radius 1 is 1.22 bits per heavy atom. The zero-order valence-corrected chi connectivity index (χ0v) is 16.3. The van der Waals surface area contributed by atoms with E-state index in [1.54, 1.807) is 25.1 Å². The number of fused-ring (bicyclic) bond motifs is 1. The van der Waals surface area contributed by atoms with E-state index >= 15 is 0 Å². The van der Waals surface area contributed by atoms with Crippen LogP contribution in [0.5, 0.6) is 5.75 Å². The van der Waals surface area contributed by atoms with Crippen LogP contribution in [0, 0.1) is 13.8 Å². The molecular weight excluding hydrogens is 366 g/mol. The molecule has 1 aliphatic carbocycles. The molecule has 1 aliphatic rings. The van der Waals surface area contributed by atoms with Gasteiger partial charge < -0.3 is 14.8 Å². The van der Waals surface area contributed by atoms with E-state index in [1.807, 2.05) is 13.8 Å². The molecule has 1 N–H and O–H groups in total. The van der Waals surface area contributed by atoms with Crippen molar-refractivity contribution in [2.45, 2.75) is 33.6 Å². The van der Waals surface area contributed by atoms with Crippen LogP contribution >= 0.6 is 11.3 Å². The minimum atomic E-state index is -0.449. The summed E-state index contributed by atoms with van der Waals surface area (Å²) in [6.07, 6.45) is 1.10. The van der Waals surface area contributed by atoms with Gasteiger partial charge >= 0.3 is 5.97 Å². The van der Waals surface area contributed by atoms with E-state index < -0.39 is 5.97 Å². The highest BCUT2D eigenvalue weighted by Gasteiger charge is 2.24. The van der Waals surface area contributed by atoms with Crippen LogP contribution in [-0.2, 0) is 16.0 Å². The van der Waals surface area contributed by atoms with Crippen molar-refractivity contribution in [3.05, 3.63) is 45.3 Å². The normalized spacial score (nSPS) is 12.6. The Kier molecular flexibility index (Phi) is 5.60. The number of thiophene rings is 1. The molecule has 3 rings (SSSR count). The number of hydrogen-bond acceptors (Lipinski definition) is 6. The van der Waals surface area contributed by atoms with Gasteiger partial charge in [0.15, 0.2) is 12.4 Å². The molecule has 1 amide bonds. The van der Waals surface area contributed by atoms with Gasteiger partial charge in [-0.2, -0.15) is 0 Å². The summed E-state index contributed by atoms with van der Waals surface area (Å²) < 4.78 is 10.7. The first-order valence-corrected chi connectivity index (χ1v) is 9.58. The third kappa shape index (κ3) is 3.88. The van der Waals surface area contributed by atoms with Crippen LogP contribution in [0.1, 0.15) is 50.1 Å². The molecular formula is C20H21NO5S. The summed E-state index contributed by atoms with van der Waals surface area (Å²) in [4.78, 5) is 37.3. The average molecular weight is 387 g/mol. The lowest BCUT2D eigenvalue weighted by Crippen LogP contribution is -2.21. The Morgan fingerprint density at radius 3 is 2.74 bits per heavy atom. The van der Waals surface area contributed by atoms with Crippen LogP contribution in [0.4, 0.5) is 5.00 Å². The zero-order chi connectivity index (χ0) is 19.6. The van der Waals surface area contributed by atoms with Gasteiger partial charge in [-0.25, -0.2) is 4.79 Å². The number of ketones is 1. The van der Waals surface area contributed by atoms with Crippen molar-refractivity contribution in [1.29, 1.82) is 0 Å². The molecule has 6 nitrogen and oxygen atoms in total. The van der Waals surface area contributed by atoms with Gasteiger partial charge in [0.05, 0.1) is 12.2 Å². The lowest BCUT2D eigenvalue weighted by molar-refractivity contribution is -0.118. The smallest absolute Gasteiger partial charge is 0.341 e. The molecule has 1 aromatic carbocycles. The Balaban J connectivity index is 1.70. The van der Waals surface area contributed by atoms with Crippen LogP contribution < -0.4 is 10.1 Å². The fourth-order valence-electron chi connectivity index (χ4n) is 3.06. The number of anilines is 1. The summed E-state index contributed by atoms with van der Waals surface area (Å²) >= 11 is 1.33. The van der Waals surface area contributed by atoms with Gasteiger partial charge in [-0.05, 0) is 38.8 Å². The van der Waals surface area contributed by atoms with Gasteiger partial charge in [-0.3, -0.25) is 9.59 Å². The molecule has 142 valence electrons. The Hall–Kier alpha value is -2.67. The van der Waals surface area contributed by atoms with Crippen molar-refractivity contribution in [2.24, 2.45) is 0 Å². The van der Waals surface area contributed by atoms with Crippen LogP contribution in [0.2, 0.25) is 0 Å². The maximum absolute atomic E-state index is 12.4. The van der Waals surface area contributed by atoms with Gasteiger partial charge in [0.1, 0.15) is 10.8 Å². The summed E-state index contributed by atoms with van der Waals surface area (Å²) in [6, 6.07) is 5.29. The predicted octanol–water partition coefficient (Wildman–Crippen LogP) is 3.69. The van der Waals surface area contributed by atoms with Crippen molar-refractivity contribution < 1.29 is 23.9 Å². The molecule has 0 fully saturated rings. The maximum atomic E-state index is 12.4. The number of rotatable bonds is 6. The van der Waals surface area contributed by atoms with E-state index in [2.05, 4.69) is 5.32 Å². The summed E-state index contributed by atoms with van der Waals surface area (Å²) in [7, 11) is 0. The maximum Gasteiger partial charge on any atom is 0.341 e. The van der Waals surface area contributed by atoms with E-state index in [-0.39, 0.29) is 24.9 Å². The summed E-state index contributed by atoms with van der Waals surface area (Å²) in [5, 5.41) is 3.21. The molecule has 1 heterocycles. The second kappa shape index (κ2) is 7.92. The van der Waals surface area contributed by atoms with Crippen LogP contribution in [-0.4, -0.2) is 30.9 Å². The molecule has 0 radical (unpaired) electrons. The minimum Gasteiger partial charge on any atom is -0.483 e. The highest BCUT2D eigenvalue weighted by molar-refractivity contribution is 7.16. The Morgan fingerprint density at radius 2 is 2.00 bits per heavy atom. The number of carbonyl (C=O) groups excluding carboxylic acids is 3. The number of carbonyl (C=O) groups is 3.